The van der Waals surface area contributed by atoms with E-state index in [9.17, 15) is 9.18 Å². The fourth-order valence-electron chi connectivity index (χ4n) is 2.47. The molecule has 0 fully saturated rings. The fourth-order valence-corrected chi connectivity index (χ4v) is 3.23. The molecule has 3 heterocycles. The first-order valence-corrected chi connectivity index (χ1v) is 8.07. The van der Waals surface area contributed by atoms with Crippen LogP contribution in [0.25, 0.3) is 10.7 Å². The van der Waals surface area contributed by atoms with Crippen LogP contribution in [0.1, 0.15) is 10.5 Å². The summed E-state index contributed by atoms with van der Waals surface area (Å²) in [5.74, 6) is -0.500. The lowest BCUT2D eigenvalue weighted by atomic mass is 10.2. The topological polar surface area (TPSA) is 68.2 Å². The Hall–Kier alpha value is -2.87. The van der Waals surface area contributed by atoms with Crippen LogP contribution in [0.15, 0.2) is 42.2 Å². The number of hydrogen-bond acceptors (Lipinski definition) is 6. The molecule has 0 saturated heterocycles. The molecule has 0 aliphatic carbocycles. The molecule has 2 aromatic heterocycles. The quantitative estimate of drug-likeness (QED) is 0.716. The number of amides is 1. The molecular formula is C16H11FN4O2S. The average Bonchev–Trinajstić information content (AvgIpc) is 3.12. The predicted molar refractivity (Wildman–Crippen MR) is 86.7 cm³/mol. The Labute approximate surface area is 140 Å². The molecule has 0 radical (unpaired) electrons. The van der Waals surface area contributed by atoms with E-state index in [-0.39, 0.29) is 23.8 Å². The molecule has 1 aliphatic rings. The van der Waals surface area contributed by atoms with Gasteiger partial charge >= 0.3 is 0 Å². The predicted octanol–water partition coefficient (Wildman–Crippen LogP) is 2.78. The monoisotopic (exact) mass is 342 g/mol. The van der Waals surface area contributed by atoms with Gasteiger partial charge in [0.2, 0.25) is 0 Å². The minimum atomic E-state index is -0.495. The van der Waals surface area contributed by atoms with E-state index in [0.29, 0.717) is 23.1 Å². The third-order valence-corrected chi connectivity index (χ3v) is 4.41. The zero-order valence-electron chi connectivity index (χ0n) is 12.3. The lowest BCUT2D eigenvalue weighted by Gasteiger charge is -2.29. The molecule has 3 aromatic rings. The Morgan fingerprint density at radius 3 is 3.08 bits per heavy atom. The van der Waals surface area contributed by atoms with Gasteiger partial charge in [-0.25, -0.2) is 9.37 Å². The second-order valence-electron chi connectivity index (χ2n) is 5.02. The van der Waals surface area contributed by atoms with Gasteiger partial charge in [0.05, 0.1) is 12.7 Å². The number of carbonyl (C=O) groups excluding carboxylic acids is 1. The first-order valence-electron chi connectivity index (χ1n) is 7.19. The molecule has 120 valence electrons. The summed E-state index contributed by atoms with van der Waals surface area (Å²) in [6.45, 7) is 0.577. The highest BCUT2D eigenvalue weighted by molar-refractivity contribution is 7.13. The van der Waals surface area contributed by atoms with Gasteiger partial charge in [-0.1, -0.05) is 6.07 Å². The Morgan fingerprint density at radius 2 is 2.25 bits per heavy atom. The Balaban J connectivity index is 1.68. The van der Waals surface area contributed by atoms with Crippen molar-refractivity contribution in [1.29, 1.82) is 0 Å². The van der Waals surface area contributed by atoms with Crippen molar-refractivity contribution in [1.82, 2.24) is 15.0 Å². The van der Waals surface area contributed by atoms with Gasteiger partial charge in [0.1, 0.15) is 34.4 Å². The SMILES string of the molecule is O=C(c1csc(-c2cnccn2)n1)N1CCOc2cccc(F)c21. The van der Waals surface area contributed by atoms with Crippen molar-refractivity contribution in [2.24, 2.45) is 0 Å². The molecule has 0 unspecified atom stereocenters. The summed E-state index contributed by atoms with van der Waals surface area (Å²) in [5, 5.41) is 2.23. The number of halogens is 1. The average molecular weight is 342 g/mol. The smallest absolute Gasteiger partial charge is 0.278 e. The van der Waals surface area contributed by atoms with Gasteiger partial charge < -0.3 is 4.74 Å². The molecule has 6 nitrogen and oxygen atoms in total. The number of para-hydroxylation sites is 1. The zero-order chi connectivity index (χ0) is 16.5. The number of thiazole rings is 1. The Morgan fingerprint density at radius 1 is 1.33 bits per heavy atom. The summed E-state index contributed by atoms with van der Waals surface area (Å²) in [4.78, 5) is 26.6. The highest BCUT2D eigenvalue weighted by Crippen LogP contribution is 2.35. The van der Waals surface area contributed by atoms with Crippen molar-refractivity contribution in [3.05, 3.63) is 53.7 Å². The van der Waals surface area contributed by atoms with Crippen molar-refractivity contribution >= 4 is 22.9 Å². The van der Waals surface area contributed by atoms with Gasteiger partial charge in [0.25, 0.3) is 5.91 Å². The van der Waals surface area contributed by atoms with Gasteiger partial charge in [-0.3, -0.25) is 19.7 Å². The van der Waals surface area contributed by atoms with Crippen molar-refractivity contribution in [2.45, 2.75) is 0 Å². The normalized spacial score (nSPS) is 13.3. The second-order valence-corrected chi connectivity index (χ2v) is 5.88. The van der Waals surface area contributed by atoms with Crippen LogP contribution in [0.5, 0.6) is 5.75 Å². The number of rotatable bonds is 2. The van der Waals surface area contributed by atoms with Crippen molar-refractivity contribution < 1.29 is 13.9 Å². The van der Waals surface area contributed by atoms with E-state index in [0.717, 1.165) is 0 Å². The van der Waals surface area contributed by atoms with Crippen LogP contribution in [0.2, 0.25) is 0 Å². The summed E-state index contributed by atoms with van der Waals surface area (Å²) in [6.07, 6.45) is 4.71. The van der Waals surface area contributed by atoms with E-state index in [1.54, 1.807) is 36.1 Å². The third kappa shape index (κ3) is 2.50. The number of aromatic nitrogens is 3. The van der Waals surface area contributed by atoms with Crippen molar-refractivity contribution in [3.63, 3.8) is 0 Å². The van der Waals surface area contributed by atoms with E-state index >= 15 is 0 Å². The number of benzene rings is 1. The van der Waals surface area contributed by atoms with Crippen LogP contribution in [-0.2, 0) is 0 Å². The van der Waals surface area contributed by atoms with Crippen LogP contribution in [0.3, 0.4) is 0 Å². The molecule has 24 heavy (non-hydrogen) atoms. The van der Waals surface area contributed by atoms with Gasteiger partial charge in [0.15, 0.2) is 5.82 Å². The Kier molecular flexibility index (Phi) is 3.66. The van der Waals surface area contributed by atoms with Crippen LogP contribution in [0.4, 0.5) is 10.1 Å². The number of fused-ring (bicyclic) bond motifs is 1. The maximum atomic E-state index is 14.2. The van der Waals surface area contributed by atoms with Crippen LogP contribution < -0.4 is 9.64 Å². The number of hydrogen-bond donors (Lipinski definition) is 0. The largest absolute Gasteiger partial charge is 0.489 e. The molecule has 0 spiro atoms. The van der Waals surface area contributed by atoms with Crippen LogP contribution in [0, 0.1) is 5.82 Å². The molecule has 1 aromatic carbocycles. The van der Waals surface area contributed by atoms with E-state index in [4.69, 9.17) is 4.74 Å². The summed E-state index contributed by atoms with van der Waals surface area (Å²) < 4.78 is 19.6. The zero-order valence-corrected chi connectivity index (χ0v) is 13.2. The highest BCUT2D eigenvalue weighted by atomic mass is 32.1. The molecule has 0 atom stereocenters. The highest BCUT2D eigenvalue weighted by Gasteiger charge is 2.29. The number of nitrogens with zero attached hydrogens (tertiary/aromatic N) is 4. The first kappa shape index (κ1) is 14.7. The van der Waals surface area contributed by atoms with Gasteiger partial charge in [-0.15, -0.1) is 11.3 Å². The summed E-state index contributed by atoms with van der Waals surface area (Å²) in [6, 6.07) is 4.50. The maximum Gasteiger partial charge on any atom is 0.278 e. The van der Waals surface area contributed by atoms with Gasteiger partial charge in [0, 0.05) is 17.8 Å². The summed E-state index contributed by atoms with van der Waals surface area (Å²) in [7, 11) is 0. The maximum absolute atomic E-state index is 14.2. The lowest BCUT2D eigenvalue weighted by Crippen LogP contribution is -2.38. The molecule has 0 N–H and O–H groups in total. The molecule has 0 saturated carbocycles. The standard InChI is InChI=1S/C16H11FN4O2S/c17-10-2-1-3-13-14(10)21(6-7-23-13)16(22)12-9-24-15(20-12)11-8-18-4-5-19-11/h1-5,8-9H,6-7H2. The Bertz CT molecular complexity index is 900. The minimum absolute atomic E-state index is 0.155. The molecule has 1 aliphatic heterocycles. The number of anilines is 1. The van der Waals surface area contributed by atoms with Crippen molar-refractivity contribution in [2.75, 3.05) is 18.1 Å². The van der Waals surface area contributed by atoms with Crippen LogP contribution in [-0.4, -0.2) is 34.0 Å². The van der Waals surface area contributed by atoms with E-state index < -0.39 is 5.82 Å². The second kappa shape index (κ2) is 5.97. The van der Waals surface area contributed by atoms with Gasteiger partial charge in [-0.2, -0.15) is 0 Å². The number of carbonyl (C=O) groups is 1. The first-order chi connectivity index (χ1) is 11.7. The van der Waals surface area contributed by atoms with E-state index in [1.807, 2.05) is 0 Å². The number of ether oxygens (including phenoxy) is 1. The molecular weight excluding hydrogens is 331 g/mol. The van der Waals surface area contributed by atoms with Crippen molar-refractivity contribution in [3.8, 4) is 16.5 Å². The lowest BCUT2D eigenvalue weighted by molar-refractivity contribution is 0.0971. The van der Waals surface area contributed by atoms with Crippen LogP contribution >= 0.6 is 11.3 Å². The van der Waals surface area contributed by atoms with E-state index in [2.05, 4.69) is 15.0 Å². The minimum Gasteiger partial charge on any atom is -0.489 e. The van der Waals surface area contributed by atoms with E-state index in [1.165, 1.54) is 22.3 Å². The molecule has 8 heteroatoms. The van der Waals surface area contributed by atoms with Gasteiger partial charge in [-0.05, 0) is 12.1 Å². The fraction of sp³-hybridized carbons (Fsp3) is 0.125. The summed E-state index contributed by atoms with van der Waals surface area (Å²) >= 11 is 1.29. The molecule has 0 bridgehead atoms. The molecule has 1 amide bonds. The molecule has 4 rings (SSSR count). The summed E-state index contributed by atoms with van der Waals surface area (Å²) in [5.41, 5.74) is 0.995. The third-order valence-electron chi connectivity index (χ3n) is 3.54.